The molecule has 1 aromatic carbocycles. The number of pyridine rings is 1. The topological polar surface area (TPSA) is 90.3 Å². The molecule has 0 bridgehead atoms. The number of hydrogen-bond acceptors (Lipinski definition) is 5. The minimum Gasteiger partial charge on any atom is -0.846 e. The predicted molar refractivity (Wildman–Crippen MR) is 96.9 cm³/mol. The lowest BCUT2D eigenvalue weighted by atomic mass is 10.1. The first-order chi connectivity index (χ1) is 12.7. The molecular weight excluding hydrogens is 398 g/mol. The van der Waals surface area contributed by atoms with Crippen molar-refractivity contribution in [3.63, 3.8) is 0 Å². The molecule has 0 spiro atoms. The molecule has 3 aromatic rings. The molecule has 2 heterocycles. The van der Waals surface area contributed by atoms with Gasteiger partial charge in [-0.1, -0.05) is 12.1 Å². The molecule has 1 aliphatic rings. The summed E-state index contributed by atoms with van der Waals surface area (Å²) in [6.07, 6.45) is 5.70. The number of amidine groups is 1. The van der Waals surface area contributed by atoms with E-state index in [-0.39, 0.29) is 5.88 Å². The predicted octanol–water partition coefficient (Wildman–Crippen LogP) is 2.51. The third-order valence-corrected chi connectivity index (χ3v) is 4.48. The van der Waals surface area contributed by atoms with Crippen LogP contribution in [0.15, 0.2) is 62.8 Å². The van der Waals surface area contributed by atoms with E-state index in [4.69, 9.17) is 4.52 Å². The Balaban J connectivity index is 1.42. The van der Waals surface area contributed by atoms with E-state index in [9.17, 15) is 5.11 Å². The maximum atomic E-state index is 12.1. The summed E-state index contributed by atoms with van der Waals surface area (Å²) in [5.41, 5.74) is 2.80. The maximum absolute atomic E-state index is 12.1. The summed E-state index contributed by atoms with van der Waals surface area (Å²) in [7, 11) is 0. The van der Waals surface area contributed by atoms with Crippen LogP contribution in [-0.4, -0.2) is 16.3 Å². The van der Waals surface area contributed by atoms with Gasteiger partial charge in [-0.15, -0.1) is 0 Å². The molecular formula is C18H16BrN5O2. The van der Waals surface area contributed by atoms with E-state index >= 15 is 0 Å². The summed E-state index contributed by atoms with van der Waals surface area (Å²) in [6.45, 7) is 0.428. The second kappa shape index (κ2) is 7.25. The SMILES string of the molecule is [O-]C(=Nc1c[n+](Cc2ccc(Br)cn2)no1)Nc1cccc(C2CC2)c1. The number of nitrogens with zero attached hydrogens (tertiary/aromatic N) is 4. The number of anilines is 1. The third-order valence-electron chi connectivity index (χ3n) is 4.01. The van der Waals surface area contributed by atoms with Crippen molar-refractivity contribution in [1.29, 1.82) is 0 Å². The Labute approximate surface area is 158 Å². The number of aliphatic imine (C=N–C) groups is 1. The van der Waals surface area contributed by atoms with E-state index < -0.39 is 6.02 Å². The minimum absolute atomic E-state index is 0.137. The Morgan fingerprint density at radius 2 is 2.23 bits per heavy atom. The van der Waals surface area contributed by atoms with Gasteiger partial charge in [-0.25, -0.2) is 4.99 Å². The number of hydrogen-bond donors (Lipinski definition) is 1. The Morgan fingerprint density at radius 3 is 3.00 bits per heavy atom. The first-order valence-electron chi connectivity index (χ1n) is 8.25. The van der Waals surface area contributed by atoms with Gasteiger partial charge in [0.25, 0.3) is 6.20 Å². The molecule has 132 valence electrons. The minimum atomic E-state index is -0.497. The molecule has 1 aliphatic carbocycles. The maximum Gasteiger partial charge on any atom is 0.322 e. The van der Waals surface area contributed by atoms with Crippen LogP contribution in [0.1, 0.15) is 30.0 Å². The molecule has 7 nitrogen and oxygen atoms in total. The highest BCUT2D eigenvalue weighted by Gasteiger charge is 2.23. The van der Waals surface area contributed by atoms with E-state index in [1.807, 2.05) is 30.3 Å². The van der Waals surface area contributed by atoms with Crippen molar-refractivity contribution >= 4 is 33.5 Å². The van der Waals surface area contributed by atoms with Crippen molar-refractivity contribution in [3.8, 4) is 0 Å². The second-order valence-electron chi connectivity index (χ2n) is 6.15. The van der Waals surface area contributed by atoms with E-state index in [1.165, 1.54) is 23.1 Å². The molecule has 8 heteroatoms. The lowest BCUT2D eigenvalue weighted by Gasteiger charge is -2.13. The molecule has 0 aliphatic heterocycles. The van der Waals surface area contributed by atoms with Crippen molar-refractivity contribution in [1.82, 2.24) is 10.3 Å². The molecule has 0 amide bonds. The van der Waals surface area contributed by atoms with Gasteiger partial charge in [-0.05, 0) is 69.2 Å². The Hall–Kier alpha value is -2.74. The quantitative estimate of drug-likeness (QED) is 0.394. The summed E-state index contributed by atoms with van der Waals surface area (Å²) in [5.74, 6) is 0.766. The van der Waals surface area contributed by atoms with Gasteiger partial charge < -0.3 is 10.4 Å². The molecule has 0 radical (unpaired) electrons. The average Bonchev–Trinajstić information content (AvgIpc) is 3.39. The summed E-state index contributed by atoms with van der Waals surface area (Å²) in [6, 6.07) is 11.1. The van der Waals surface area contributed by atoms with Crippen LogP contribution in [0.4, 0.5) is 11.6 Å². The first-order valence-corrected chi connectivity index (χ1v) is 9.04. The van der Waals surface area contributed by atoms with Crippen LogP contribution in [0.2, 0.25) is 0 Å². The van der Waals surface area contributed by atoms with Crippen molar-refractivity contribution in [2.24, 2.45) is 4.99 Å². The molecule has 0 atom stereocenters. The number of rotatable bonds is 5. The highest BCUT2D eigenvalue weighted by Crippen LogP contribution is 2.40. The van der Waals surface area contributed by atoms with Gasteiger partial charge in [0.2, 0.25) is 11.8 Å². The average molecular weight is 414 g/mol. The van der Waals surface area contributed by atoms with Gasteiger partial charge in [0, 0.05) is 16.4 Å². The van der Waals surface area contributed by atoms with Crippen LogP contribution >= 0.6 is 15.9 Å². The fourth-order valence-corrected chi connectivity index (χ4v) is 2.83. The second-order valence-corrected chi connectivity index (χ2v) is 7.06. The van der Waals surface area contributed by atoms with E-state index in [0.29, 0.717) is 12.5 Å². The van der Waals surface area contributed by atoms with E-state index in [2.05, 4.69) is 42.6 Å². The van der Waals surface area contributed by atoms with Gasteiger partial charge in [0.1, 0.15) is 5.69 Å². The first kappa shape index (κ1) is 16.7. The zero-order valence-electron chi connectivity index (χ0n) is 13.8. The lowest BCUT2D eigenvalue weighted by molar-refractivity contribution is -0.755. The summed E-state index contributed by atoms with van der Waals surface area (Å²) in [4.78, 5) is 8.16. The molecule has 1 N–H and O–H groups in total. The standard InChI is InChI=1S/C18H16BrN5O2/c19-14-6-7-16(20-9-14)10-24-11-17(26-23-24)22-18(25)21-15-3-1-2-13(8-15)12-4-5-12/h1-3,6-9,11-12H,4-5,10H2,(H-,21,22,23,25). The zero-order chi connectivity index (χ0) is 17.9. The van der Waals surface area contributed by atoms with Crippen LogP contribution in [0.3, 0.4) is 0 Å². The molecule has 26 heavy (non-hydrogen) atoms. The molecule has 0 unspecified atom stereocenters. The van der Waals surface area contributed by atoms with Crippen LogP contribution in [0.5, 0.6) is 0 Å². The largest absolute Gasteiger partial charge is 0.846 e. The summed E-state index contributed by atoms with van der Waals surface area (Å²) in [5, 5.41) is 18.7. The number of nitrogens with one attached hydrogen (secondary N) is 1. The van der Waals surface area contributed by atoms with Crippen molar-refractivity contribution in [2.75, 3.05) is 5.32 Å². The highest BCUT2D eigenvalue weighted by molar-refractivity contribution is 9.10. The van der Waals surface area contributed by atoms with Crippen molar-refractivity contribution in [3.05, 3.63) is 64.5 Å². The van der Waals surface area contributed by atoms with Crippen molar-refractivity contribution < 1.29 is 14.3 Å². The third kappa shape index (κ3) is 4.26. The van der Waals surface area contributed by atoms with E-state index in [0.717, 1.165) is 15.9 Å². The summed E-state index contributed by atoms with van der Waals surface area (Å²) >= 11 is 3.34. The Morgan fingerprint density at radius 1 is 1.35 bits per heavy atom. The number of aromatic nitrogens is 3. The van der Waals surface area contributed by atoms with Gasteiger partial charge in [-0.3, -0.25) is 9.51 Å². The molecule has 1 saturated carbocycles. The molecule has 2 aromatic heterocycles. The van der Waals surface area contributed by atoms with Crippen LogP contribution in [0, 0.1) is 0 Å². The van der Waals surface area contributed by atoms with Gasteiger partial charge in [0.15, 0.2) is 0 Å². The number of halogens is 1. The van der Waals surface area contributed by atoms with E-state index in [1.54, 1.807) is 12.4 Å². The fraction of sp³-hybridized carbons (Fsp3) is 0.222. The monoisotopic (exact) mass is 413 g/mol. The van der Waals surface area contributed by atoms with Crippen LogP contribution in [-0.2, 0) is 6.54 Å². The molecule has 1 fully saturated rings. The van der Waals surface area contributed by atoms with Crippen LogP contribution in [0.25, 0.3) is 0 Å². The highest BCUT2D eigenvalue weighted by atomic mass is 79.9. The molecule has 0 saturated heterocycles. The van der Waals surface area contributed by atoms with Gasteiger partial charge in [-0.2, -0.15) is 0 Å². The zero-order valence-corrected chi connectivity index (χ0v) is 15.4. The smallest absolute Gasteiger partial charge is 0.322 e. The van der Waals surface area contributed by atoms with Crippen LogP contribution < -0.4 is 15.1 Å². The fourth-order valence-electron chi connectivity index (χ4n) is 2.60. The Kier molecular flexibility index (Phi) is 4.66. The Bertz CT molecular complexity index is 935. The summed E-state index contributed by atoms with van der Waals surface area (Å²) < 4.78 is 7.53. The molecule has 4 rings (SSSR count). The normalized spacial score (nSPS) is 14.4. The van der Waals surface area contributed by atoms with Crippen molar-refractivity contribution in [2.45, 2.75) is 25.3 Å². The van der Waals surface area contributed by atoms with Gasteiger partial charge >= 0.3 is 5.88 Å². The van der Waals surface area contributed by atoms with Gasteiger partial charge in [0.05, 0.1) is 6.02 Å². The number of benzene rings is 1. The lowest BCUT2D eigenvalue weighted by Crippen LogP contribution is -2.35.